The molecule has 19 heteroatoms. The molecule has 17 nitrogen and oxygen atoms in total. The Hall–Kier alpha value is -1.94. The molecule has 0 aliphatic heterocycles. The molecule has 0 radical (unpaired) electrons. The molecule has 3 N–H and O–H groups in total. The number of aliphatic hydroxyl groups excluding tert-OH is 1. The third-order valence-corrected chi connectivity index (χ3v) is 23.2. The zero-order valence-corrected chi connectivity index (χ0v) is 73.0. The predicted molar refractivity (Wildman–Crippen MR) is 446 cm³/mol. The first-order valence-corrected chi connectivity index (χ1v) is 49.0. The Bertz CT molecular complexity index is 2070. The Labute approximate surface area is 664 Å². The van der Waals surface area contributed by atoms with Crippen molar-refractivity contribution < 1.29 is 80.2 Å². The molecule has 108 heavy (non-hydrogen) atoms. The first-order valence-electron chi connectivity index (χ1n) is 46.0. The van der Waals surface area contributed by atoms with Crippen molar-refractivity contribution in [3.05, 3.63) is 0 Å². The van der Waals surface area contributed by atoms with Crippen LogP contribution in [0, 0.1) is 11.8 Å². The normalized spacial score (nSPS) is 14.0. The van der Waals surface area contributed by atoms with Crippen molar-refractivity contribution in [2.75, 3.05) is 39.6 Å². The van der Waals surface area contributed by atoms with Crippen LogP contribution in [0.2, 0.25) is 0 Å². The lowest BCUT2D eigenvalue weighted by molar-refractivity contribution is -0.161. The molecule has 0 rings (SSSR count). The van der Waals surface area contributed by atoms with Crippen molar-refractivity contribution in [3.8, 4) is 0 Å². The lowest BCUT2D eigenvalue weighted by Crippen LogP contribution is -2.30. The van der Waals surface area contributed by atoms with Gasteiger partial charge < -0.3 is 33.8 Å². The molecule has 642 valence electrons. The van der Waals surface area contributed by atoms with Gasteiger partial charge >= 0.3 is 39.5 Å². The fourth-order valence-corrected chi connectivity index (χ4v) is 15.5. The highest BCUT2D eigenvalue weighted by Crippen LogP contribution is 2.45. The quantitative estimate of drug-likeness (QED) is 0.0222. The van der Waals surface area contributed by atoms with Crippen LogP contribution in [0.4, 0.5) is 0 Å². The van der Waals surface area contributed by atoms with E-state index in [1.807, 2.05) is 0 Å². The van der Waals surface area contributed by atoms with Crippen LogP contribution in [0.3, 0.4) is 0 Å². The molecule has 0 aromatic heterocycles. The van der Waals surface area contributed by atoms with Gasteiger partial charge in [-0.2, -0.15) is 0 Å². The summed E-state index contributed by atoms with van der Waals surface area (Å²) in [4.78, 5) is 73.4. The number of hydrogen-bond donors (Lipinski definition) is 3. The van der Waals surface area contributed by atoms with Gasteiger partial charge in [-0.25, -0.2) is 9.13 Å². The number of phosphoric ester groups is 2. The Morgan fingerprint density at radius 1 is 0.269 bits per heavy atom. The van der Waals surface area contributed by atoms with Crippen molar-refractivity contribution >= 4 is 39.5 Å². The van der Waals surface area contributed by atoms with E-state index in [9.17, 15) is 43.2 Å². The van der Waals surface area contributed by atoms with E-state index in [4.69, 9.17) is 37.0 Å². The van der Waals surface area contributed by atoms with Gasteiger partial charge in [0.25, 0.3) is 0 Å². The van der Waals surface area contributed by atoms with Gasteiger partial charge in [0.05, 0.1) is 26.4 Å². The molecule has 0 aliphatic carbocycles. The smallest absolute Gasteiger partial charge is 0.462 e. The number of aliphatic hydroxyl groups is 1. The summed E-state index contributed by atoms with van der Waals surface area (Å²) in [6.07, 6.45) is 73.4. The molecule has 3 unspecified atom stereocenters. The minimum Gasteiger partial charge on any atom is -0.462 e. The van der Waals surface area contributed by atoms with Crippen LogP contribution in [-0.4, -0.2) is 96.7 Å². The van der Waals surface area contributed by atoms with E-state index in [1.165, 1.54) is 295 Å². The Kier molecular flexibility index (Phi) is 78.8. The summed E-state index contributed by atoms with van der Waals surface area (Å²) < 4.78 is 69.0. The zero-order chi connectivity index (χ0) is 79.2. The van der Waals surface area contributed by atoms with Crippen LogP contribution in [0.1, 0.15) is 478 Å². The van der Waals surface area contributed by atoms with Crippen LogP contribution >= 0.6 is 15.6 Å². The average Bonchev–Trinajstić information content (AvgIpc) is 0.898. The topological polar surface area (TPSA) is 237 Å². The van der Waals surface area contributed by atoms with E-state index in [1.54, 1.807) is 0 Å². The van der Waals surface area contributed by atoms with E-state index in [2.05, 4.69) is 41.5 Å². The monoisotopic (exact) mass is 1580 g/mol. The molecule has 0 heterocycles. The van der Waals surface area contributed by atoms with Gasteiger partial charge in [-0.1, -0.05) is 427 Å². The Morgan fingerprint density at radius 2 is 0.472 bits per heavy atom. The summed E-state index contributed by atoms with van der Waals surface area (Å²) in [7, 11) is -9.93. The molecule has 0 aliphatic rings. The number of phosphoric acid groups is 2. The number of hydrogen-bond acceptors (Lipinski definition) is 15. The first kappa shape index (κ1) is 106. The molecule has 0 aromatic rings. The van der Waals surface area contributed by atoms with E-state index in [0.29, 0.717) is 25.7 Å². The summed E-state index contributed by atoms with van der Waals surface area (Å²) in [5.74, 6) is -0.438. The molecule has 0 spiro atoms. The minimum absolute atomic E-state index is 0.108. The second-order valence-electron chi connectivity index (χ2n) is 32.7. The van der Waals surface area contributed by atoms with Crippen molar-refractivity contribution in [2.45, 2.75) is 496 Å². The van der Waals surface area contributed by atoms with Crippen molar-refractivity contribution in [3.63, 3.8) is 0 Å². The largest absolute Gasteiger partial charge is 0.472 e. The summed E-state index contributed by atoms with van der Waals surface area (Å²) in [6.45, 7) is 9.78. The minimum atomic E-state index is -4.97. The summed E-state index contributed by atoms with van der Waals surface area (Å²) in [6, 6.07) is 0. The van der Waals surface area contributed by atoms with Crippen LogP contribution in [-0.2, 0) is 65.4 Å². The van der Waals surface area contributed by atoms with Crippen molar-refractivity contribution in [2.24, 2.45) is 11.8 Å². The van der Waals surface area contributed by atoms with Gasteiger partial charge in [0.1, 0.15) is 19.3 Å². The van der Waals surface area contributed by atoms with Gasteiger partial charge in [-0.3, -0.25) is 37.3 Å². The number of carbonyl (C=O) groups excluding carboxylic acids is 4. The molecular weight excluding hydrogens is 1400 g/mol. The lowest BCUT2D eigenvalue weighted by Gasteiger charge is -2.21. The van der Waals surface area contributed by atoms with E-state index >= 15 is 0 Å². The van der Waals surface area contributed by atoms with Gasteiger partial charge in [0.15, 0.2) is 12.2 Å². The second-order valence-corrected chi connectivity index (χ2v) is 35.6. The maximum absolute atomic E-state index is 13.2. The summed E-state index contributed by atoms with van der Waals surface area (Å²) in [5, 5.41) is 10.7. The lowest BCUT2D eigenvalue weighted by atomic mass is 9.99. The number of carbonyl (C=O) groups is 4. The SMILES string of the molecule is CCCCCCCCCCCCCCCCCCCC(=O)OC[C@H](COP(=O)(O)OC[C@@H](O)COP(=O)(O)OC[C@@H](COC(=O)CCCCCCCCCCCCCCC)OC(=O)CCCCCCCCCCCCCCCC(C)C)OC(=O)CCCCCCCCCCCCCCCCCCCCC(C)CC. The molecule has 0 saturated carbocycles. The third kappa shape index (κ3) is 80.7. The average molecular weight is 1580 g/mol. The molecule has 0 fully saturated rings. The standard InChI is InChI=1S/C89H174O17P2/c1-7-10-12-14-16-18-20-22-23-26-30-36-42-48-54-60-66-72-87(92)100-78-85(105-88(93)73-67-61-55-49-43-37-31-28-25-24-27-29-35-40-46-52-58-64-70-82(6)9-3)80-104-108(97,98)102-76-83(90)75-101-107(95,96)103-79-84(77-99-86(91)71-65-59-53-47-41-33-21-19-17-15-13-11-8-2)106-89(94)74-68-62-56-50-44-38-32-34-39-45-51-57-63-69-81(4)5/h81-85,90H,7-80H2,1-6H3,(H,95,96)(H,97,98)/t82?,83-,84+,85+/m0/s1. The molecule has 0 saturated heterocycles. The fourth-order valence-electron chi connectivity index (χ4n) is 13.9. The van der Waals surface area contributed by atoms with E-state index < -0.39 is 97.5 Å². The second kappa shape index (κ2) is 80.3. The maximum atomic E-state index is 13.2. The van der Waals surface area contributed by atoms with Crippen LogP contribution in [0.15, 0.2) is 0 Å². The fraction of sp³-hybridized carbons (Fsp3) is 0.955. The number of esters is 4. The number of unbranched alkanes of at least 4 members (excludes halogenated alkanes) is 57. The molecule has 0 amide bonds. The molecule has 0 aromatic carbocycles. The molecular formula is C89H174O17P2. The van der Waals surface area contributed by atoms with Crippen LogP contribution < -0.4 is 0 Å². The Balaban J connectivity index is 5.25. The van der Waals surface area contributed by atoms with Crippen LogP contribution in [0.5, 0.6) is 0 Å². The first-order chi connectivity index (χ1) is 52.4. The highest BCUT2D eigenvalue weighted by Gasteiger charge is 2.31. The van der Waals surface area contributed by atoms with Crippen molar-refractivity contribution in [1.82, 2.24) is 0 Å². The summed E-state index contributed by atoms with van der Waals surface area (Å²) in [5.41, 5.74) is 0. The Morgan fingerprint density at radius 3 is 0.704 bits per heavy atom. The molecule has 0 bridgehead atoms. The van der Waals surface area contributed by atoms with Gasteiger partial charge in [-0.05, 0) is 37.5 Å². The van der Waals surface area contributed by atoms with E-state index in [0.717, 1.165) is 102 Å². The maximum Gasteiger partial charge on any atom is 0.472 e. The van der Waals surface area contributed by atoms with Gasteiger partial charge in [-0.15, -0.1) is 0 Å². The molecule has 6 atom stereocenters. The highest BCUT2D eigenvalue weighted by molar-refractivity contribution is 7.47. The predicted octanol–water partition coefficient (Wildman–Crippen LogP) is 27.4. The summed E-state index contributed by atoms with van der Waals surface area (Å²) >= 11 is 0. The van der Waals surface area contributed by atoms with Crippen LogP contribution in [0.25, 0.3) is 0 Å². The van der Waals surface area contributed by atoms with Gasteiger partial charge in [0, 0.05) is 25.7 Å². The zero-order valence-electron chi connectivity index (χ0n) is 71.2. The van der Waals surface area contributed by atoms with Gasteiger partial charge in [0.2, 0.25) is 0 Å². The highest BCUT2D eigenvalue weighted by atomic mass is 31.2. The van der Waals surface area contributed by atoms with E-state index in [-0.39, 0.29) is 25.7 Å². The number of rotatable bonds is 88. The number of ether oxygens (including phenoxy) is 4. The third-order valence-electron chi connectivity index (χ3n) is 21.3. The van der Waals surface area contributed by atoms with Crippen molar-refractivity contribution in [1.29, 1.82) is 0 Å².